The molecule has 0 N–H and O–H groups in total. The van der Waals surface area contributed by atoms with Gasteiger partial charge in [-0.15, -0.1) is 0 Å². The zero-order chi connectivity index (χ0) is 14.9. The predicted octanol–water partition coefficient (Wildman–Crippen LogP) is 4.24. The van der Waals surface area contributed by atoms with Gasteiger partial charge in [0.15, 0.2) is 0 Å². The summed E-state index contributed by atoms with van der Waals surface area (Å²) in [6, 6.07) is 16.8. The third-order valence-corrected chi connectivity index (χ3v) is 3.10. The van der Waals surface area contributed by atoms with Crippen molar-refractivity contribution in [3.05, 3.63) is 65.2 Å². The third-order valence-electron chi connectivity index (χ3n) is 2.85. The average molecular weight is 305 g/mol. The smallest absolute Gasteiger partial charge is 0.306 e. The number of carbonyl (C=O) groups is 1. The molecule has 2 rings (SSSR count). The maximum absolute atomic E-state index is 11.6. The van der Waals surface area contributed by atoms with Gasteiger partial charge < -0.3 is 9.47 Å². The first-order valence-electron chi connectivity index (χ1n) is 6.82. The second-order valence-corrected chi connectivity index (χ2v) is 4.99. The van der Waals surface area contributed by atoms with Crippen molar-refractivity contribution in [1.82, 2.24) is 0 Å². The molecular weight excluding hydrogens is 288 g/mol. The minimum Gasteiger partial charge on any atom is -0.494 e. The molecule has 0 heterocycles. The van der Waals surface area contributed by atoms with E-state index in [1.807, 2.05) is 42.5 Å². The maximum Gasteiger partial charge on any atom is 0.306 e. The van der Waals surface area contributed by atoms with Crippen molar-refractivity contribution in [2.75, 3.05) is 6.61 Å². The molecule has 0 atom stereocenters. The molecule has 0 spiro atoms. The largest absolute Gasteiger partial charge is 0.494 e. The van der Waals surface area contributed by atoms with Crippen LogP contribution in [-0.4, -0.2) is 12.6 Å². The Kier molecular flexibility index (Phi) is 6.10. The molecule has 3 nitrogen and oxygen atoms in total. The zero-order valence-corrected chi connectivity index (χ0v) is 12.4. The fraction of sp³-hybridized carbons (Fsp3) is 0.235. The molecule has 0 saturated carbocycles. The van der Waals surface area contributed by atoms with E-state index in [2.05, 4.69) is 0 Å². The molecule has 0 bridgehead atoms. The number of hydrogen-bond donors (Lipinski definition) is 0. The number of ether oxygens (including phenoxy) is 2. The van der Waals surface area contributed by atoms with Gasteiger partial charge in [0, 0.05) is 11.4 Å². The van der Waals surface area contributed by atoms with Gasteiger partial charge in [-0.3, -0.25) is 4.79 Å². The Bertz CT molecular complexity index is 552. The van der Waals surface area contributed by atoms with Crippen LogP contribution in [0.2, 0.25) is 5.02 Å². The summed E-state index contributed by atoms with van der Waals surface area (Å²) in [5, 5.41) is 0.670. The van der Waals surface area contributed by atoms with Crippen LogP contribution < -0.4 is 4.74 Å². The van der Waals surface area contributed by atoms with Gasteiger partial charge in [-0.2, -0.15) is 0 Å². The number of hydrogen-bond acceptors (Lipinski definition) is 3. The first-order valence-corrected chi connectivity index (χ1v) is 7.20. The van der Waals surface area contributed by atoms with Crippen molar-refractivity contribution in [2.24, 2.45) is 0 Å². The third kappa shape index (κ3) is 5.88. The number of esters is 1. The number of rotatable bonds is 7. The summed E-state index contributed by atoms with van der Waals surface area (Å²) in [6.07, 6.45) is 0.981. The normalized spacial score (nSPS) is 10.1. The SMILES string of the molecule is O=C(CCCOc1ccccc1)OCc1ccc(Cl)cc1. The Hall–Kier alpha value is -2.00. The van der Waals surface area contributed by atoms with Gasteiger partial charge in [-0.1, -0.05) is 41.9 Å². The Labute approximate surface area is 129 Å². The van der Waals surface area contributed by atoms with Gasteiger partial charge in [0.25, 0.3) is 0 Å². The van der Waals surface area contributed by atoms with E-state index < -0.39 is 0 Å². The standard InChI is InChI=1S/C17H17ClO3/c18-15-10-8-14(9-11-15)13-21-17(19)7-4-12-20-16-5-2-1-3-6-16/h1-3,5-6,8-11H,4,7,12-13H2. The lowest BCUT2D eigenvalue weighted by Crippen LogP contribution is -2.07. The lowest BCUT2D eigenvalue weighted by molar-refractivity contribution is -0.145. The monoisotopic (exact) mass is 304 g/mol. The van der Waals surface area contributed by atoms with E-state index in [0.717, 1.165) is 11.3 Å². The van der Waals surface area contributed by atoms with Crippen LogP contribution in [0.1, 0.15) is 18.4 Å². The van der Waals surface area contributed by atoms with Crippen LogP contribution in [0.5, 0.6) is 5.75 Å². The molecule has 0 saturated heterocycles. The van der Waals surface area contributed by atoms with Crippen molar-refractivity contribution in [3.8, 4) is 5.75 Å². The molecule has 0 aliphatic rings. The van der Waals surface area contributed by atoms with E-state index in [4.69, 9.17) is 21.1 Å². The number of para-hydroxylation sites is 1. The van der Waals surface area contributed by atoms with Gasteiger partial charge in [0.05, 0.1) is 6.61 Å². The highest BCUT2D eigenvalue weighted by atomic mass is 35.5. The van der Waals surface area contributed by atoms with Crippen LogP contribution in [0.4, 0.5) is 0 Å². The van der Waals surface area contributed by atoms with Crippen molar-refractivity contribution < 1.29 is 14.3 Å². The Morgan fingerprint density at radius 1 is 1.00 bits per heavy atom. The van der Waals surface area contributed by atoms with Gasteiger partial charge in [-0.25, -0.2) is 0 Å². The van der Waals surface area contributed by atoms with E-state index >= 15 is 0 Å². The minimum atomic E-state index is -0.221. The Balaban J connectivity index is 1.60. The Morgan fingerprint density at radius 2 is 1.71 bits per heavy atom. The molecule has 0 radical (unpaired) electrons. The maximum atomic E-state index is 11.6. The van der Waals surface area contributed by atoms with Gasteiger partial charge in [0.2, 0.25) is 0 Å². The van der Waals surface area contributed by atoms with Gasteiger partial charge in [-0.05, 0) is 36.2 Å². The van der Waals surface area contributed by atoms with Crippen LogP contribution in [0.3, 0.4) is 0 Å². The molecule has 0 aromatic heterocycles. The van der Waals surface area contributed by atoms with Crippen LogP contribution in [-0.2, 0) is 16.1 Å². The quantitative estimate of drug-likeness (QED) is 0.567. The molecule has 0 fully saturated rings. The highest BCUT2D eigenvalue weighted by Gasteiger charge is 2.04. The van der Waals surface area contributed by atoms with Crippen LogP contribution in [0, 0.1) is 0 Å². The Morgan fingerprint density at radius 3 is 2.43 bits per heavy atom. The molecule has 2 aromatic carbocycles. The first-order chi connectivity index (χ1) is 10.2. The lowest BCUT2D eigenvalue weighted by Gasteiger charge is -2.07. The average Bonchev–Trinajstić information content (AvgIpc) is 2.52. The van der Waals surface area contributed by atoms with E-state index in [1.54, 1.807) is 12.1 Å². The van der Waals surface area contributed by atoms with Crippen molar-refractivity contribution in [1.29, 1.82) is 0 Å². The molecule has 110 valence electrons. The molecule has 4 heteroatoms. The molecule has 0 unspecified atom stereocenters. The van der Waals surface area contributed by atoms with Crippen molar-refractivity contribution in [3.63, 3.8) is 0 Å². The summed E-state index contributed by atoms with van der Waals surface area (Å²) >= 11 is 5.79. The van der Waals surface area contributed by atoms with Gasteiger partial charge >= 0.3 is 5.97 Å². The zero-order valence-electron chi connectivity index (χ0n) is 11.6. The summed E-state index contributed by atoms with van der Waals surface area (Å²) in [6.45, 7) is 0.773. The summed E-state index contributed by atoms with van der Waals surface area (Å²) in [5.41, 5.74) is 0.924. The van der Waals surface area contributed by atoms with E-state index in [9.17, 15) is 4.79 Å². The van der Waals surface area contributed by atoms with Crippen molar-refractivity contribution >= 4 is 17.6 Å². The second kappa shape index (κ2) is 8.32. The molecule has 21 heavy (non-hydrogen) atoms. The van der Waals surface area contributed by atoms with Crippen LogP contribution in [0.25, 0.3) is 0 Å². The highest BCUT2D eigenvalue weighted by molar-refractivity contribution is 6.30. The molecule has 2 aromatic rings. The van der Waals surface area contributed by atoms with E-state index in [-0.39, 0.29) is 12.6 Å². The fourth-order valence-corrected chi connectivity index (χ4v) is 1.87. The number of carbonyl (C=O) groups excluding carboxylic acids is 1. The van der Waals surface area contributed by atoms with E-state index in [0.29, 0.717) is 24.5 Å². The summed E-state index contributed by atoms with van der Waals surface area (Å²) in [4.78, 5) is 11.6. The number of benzene rings is 2. The second-order valence-electron chi connectivity index (χ2n) is 4.55. The number of halogens is 1. The van der Waals surface area contributed by atoms with Crippen molar-refractivity contribution in [2.45, 2.75) is 19.4 Å². The summed E-state index contributed by atoms with van der Waals surface area (Å²) in [5.74, 6) is 0.591. The van der Waals surface area contributed by atoms with Gasteiger partial charge in [0.1, 0.15) is 12.4 Å². The van der Waals surface area contributed by atoms with Crippen LogP contribution in [0.15, 0.2) is 54.6 Å². The predicted molar refractivity (Wildman–Crippen MR) is 82.4 cm³/mol. The van der Waals surface area contributed by atoms with E-state index in [1.165, 1.54) is 0 Å². The summed E-state index contributed by atoms with van der Waals surface area (Å²) < 4.78 is 10.7. The molecule has 0 amide bonds. The minimum absolute atomic E-state index is 0.221. The highest BCUT2D eigenvalue weighted by Crippen LogP contribution is 2.11. The molecule has 0 aliphatic carbocycles. The molecular formula is C17H17ClO3. The fourth-order valence-electron chi connectivity index (χ4n) is 1.74. The topological polar surface area (TPSA) is 35.5 Å². The summed E-state index contributed by atoms with van der Waals surface area (Å²) in [7, 11) is 0. The lowest BCUT2D eigenvalue weighted by atomic mass is 10.2. The first kappa shape index (κ1) is 15.4. The molecule has 0 aliphatic heterocycles. The van der Waals surface area contributed by atoms with Crippen LogP contribution >= 0.6 is 11.6 Å².